The van der Waals surface area contributed by atoms with Gasteiger partial charge in [-0.25, -0.2) is 0 Å². The Morgan fingerprint density at radius 3 is 2.54 bits per heavy atom. The van der Waals surface area contributed by atoms with Crippen LogP contribution in [-0.2, 0) is 18.9 Å². The zero-order valence-corrected chi connectivity index (χ0v) is 15.1. The molecule has 1 aromatic carbocycles. The molecule has 1 saturated carbocycles. The minimum atomic E-state index is -0.0367. The van der Waals surface area contributed by atoms with Crippen LogP contribution in [0.15, 0.2) is 36.4 Å². The molecule has 3 rings (SSSR count). The second-order valence-electron chi connectivity index (χ2n) is 7.59. The number of nitrogens with zero attached hydrogens (tertiary/aromatic N) is 2. The summed E-state index contributed by atoms with van der Waals surface area (Å²) in [4.78, 5) is 12.6. The van der Waals surface area contributed by atoms with Crippen LogP contribution in [0, 0.1) is 5.41 Å². The largest absolute Gasteiger partial charge is 0.350 e. The molecule has 128 valence electrons. The lowest BCUT2D eigenvalue weighted by atomic mass is 9.88. The standard InChI is InChI=1S/C20H27N3O/c1-5-9-16-12-17(23(4)22-16)18(24)21-14-20(13-19(20,2)3)15-10-7-6-8-11-15/h6-8,10-12H,5,9,13-14H2,1-4H3,(H,21,24)/t20-/m1/s1. The highest BCUT2D eigenvalue weighted by molar-refractivity contribution is 5.92. The third kappa shape index (κ3) is 2.85. The molecule has 0 aliphatic heterocycles. The molecule has 2 aromatic rings. The Labute approximate surface area is 144 Å². The van der Waals surface area contributed by atoms with Gasteiger partial charge in [0.25, 0.3) is 5.91 Å². The Balaban J connectivity index is 1.74. The smallest absolute Gasteiger partial charge is 0.269 e. The van der Waals surface area contributed by atoms with Crippen molar-refractivity contribution in [1.82, 2.24) is 15.1 Å². The first-order chi connectivity index (χ1) is 11.4. The van der Waals surface area contributed by atoms with E-state index in [4.69, 9.17) is 0 Å². The molecule has 0 unspecified atom stereocenters. The molecule has 1 heterocycles. The zero-order chi connectivity index (χ0) is 17.4. The Morgan fingerprint density at radius 2 is 1.96 bits per heavy atom. The van der Waals surface area contributed by atoms with Gasteiger partial charge in [-0.3, -0.25) is 9.48 Å². The van der Waals surface area contributed by atoms with E-state index in [0.717, 1.165) is 25.0 Å². The van der Waals surface area contributed by atoms with Gasteiger partial charge in [0.15, 0.2) is 0 Å². The van der Waals surface area contributed by atoms with Gasteiger partial charge in [-0.15, -0.1) is 0 Å². The zero-order valence-electron chi connectivity index (χ0n) is 15.1. The molecular formula is C20H27N3O. The van der Waals surface area contributed by atoms with Crippen molar-refractivity contribution in [3.63, 3.8) is 0 Å². The number of benzene rings is 1. The first-order valence-electron chi connectivity index (χ1n) is 8.76. The third-order valence-corrected chi connectivity index (χ3v) is 5.46. The quantitative estimate of drug-likeness (QED) is 0.884. The number of hydrogen-bond acceptors (Lipinski definition) is 2. The van der Waals surface area contributed by atoms with E-state index in [1.54, 1.807) is 4.68 Å². The number of carbonyl (C=O) groups is 1. The fraction of sp³-hybridized carbons (Fsp3) is 0.500. The minimum Gasteiger partial charge on any atom is -0.350 e. The Morgan fingerprint density at radius 1 is 1.29 bits per heavy atom. The molecule has 4 heteroatoms. The average molecular weight is 325 g/mol. The predicted octanol–water partition coefficient (Wildman–Crippen LogP) is 3.47. The summed E-state index contributed by atoms with van der Waals surface area (Å²) in [5.41, 5.74) is 3.18. The Hall–Kier alpha value is -2.10. The van der Waals surface area contributed by atoms with Gasteiger partial charge in [0.1, 0.15) is 5.69 Å². The molecule has 1 aliphatic carbocycles. The van der Waals surface area contributed by atoms with Crippen molar-refractivity contribution in [3.8, 4) is 0 Å². The third-order valence-electron chi connectivity index (χ3n) is 5.46. The van der Waals surface area contributed by atoms with Crippen molar-refractivity contribution in [2.45, 2.75) is 45.4 Å². The topological polar surface area (TPSA) is 46.9 Å². The van der Waals surface area contributed by atoms with E-state index in [0.29, 0.717) is 12.2 Å². The molecular weight excluding hydrogens is 298 g/mol. The Kier molecular flexibility index (Phi) is 4.24. The van der Waals surface area contributed by atoms with E-state index in [-0.39, 0.29) is 16.7 Å². The average Bonchev–Trinajstić information content (AvgIpc) is 2.93. The molecule has 0 spiro atoms. The molecule has 1 N–H and O–H groups in total. The first-order valence-corrected chi connectivity index (χ1v) is 8.76. The molecule has 1 aromatic heterocycles. The van der Waals surface area contributed by atoms with Crippen molar-refractivity contribution in [2.24, 2.45) is 12.5 Å². The van der Waals surface area contributed by atoms with Gasteiger partial charge in [0, 0.05) is 19.0 Å². The fourth-order valence-electron chi connectivity index (χ4n) is 3.80. The van der Waals surface area contributed by atoms with Gasteiger partial charge in [-0.1, -0.05) is 57.5 Å². The molecule has 0 radical (unpaired) electrons. The summed E-state index contributed by atoms with van der Waals surface area (Å²) in [6.07, 6.45) is 3.03. The number of nitrogens with one attached hydrogen (secondary N) is 1. The van der Waals surface area contributed by atoms with Gasteiger partial charge in [-0.05, 0) is 29.9 Å². The van der Waals surface area contributed by atoms with E-state index in [9.17, 15) is 4.79 Å². The predicted molar refractivity (Wildman–Crippen MR) is 96.1 cm³/mol. The van der Waals surface area contributed by atoms with Gasteiger partial charge in [0.05, 0.1) is 5.69 Å². The fourth-order valence-corrected chi connectivity index (χ4v) is 3.80. The highest BCUT2D eigenvalue weighted by Crippen LogP contribution is 2.63. The summed E-state index contributed by atoms with van der Waals surface area (Å²) in [5.74, 6) is -0.0367. The molecule has 1 fully saturated rings. The normalized spacial score (nSPS) is 21.5. The lowest BCUT2D eigenvalue weighted by Gasteiger charge is -2.22. The van der Waals surface area contributed by atoms with E-state index >= 15 is 0 Å². The van der Waals surface area contributed by atoms with Crippen molar-refractivity contribution in [3.05, 3.63) is 53.3 Å². The number of carbonyl (C=O) groups excluding carboxylic acids is 1. The van der Waals surface area contributed by atoms with Crippen LogP contribution < -0.4 is 5.32 Å². The van der Waals surface area contributed by atoms with Crippen molar-refractivity contribution in [2.75, 3.05) is 6.54 Å². The number of aryl methyl sites for hydroxylation is 2. The van der Waals surface area contributed by atoms with Gasteiger partial charge in [-0.2, -0.15) is 5.10 Å². The minimum absolute atomic E-state index is 0.0365. The lowest BCUT2D eigenvalue weighted by Crippen LogP contribution is -2.35. The summed E-state index contributed by atoms with van der Waals surface area (Å²) in [7, 11) is 1.84. The van der Waals surface area contributed by atoms with Crippen molar-refractivity contribution < 1.29 is 4.79 Å². The van der Waals surface area contributed by atoms with Crippen molar-refractivity contribution in [1.29, 1.82) is 0 Å². The van der Waals surface area contributed by atoms with Crippen LogP contribution in [0.1, 0.15) is 55.4 Å². The van der Waals surface area contributed by atoms with Crippen LogP contribution in [0.4, 0.5) is 0 Å². The van der Waals surface area contributed by atoms with Crippen LogP contribution in [0.5, 0.6) is 0 Å². The van der Waals surface area contributed by atoms with Crippen molar-refractivity contribution >= 4 is 5.91 Å². The second-order valence-corrected chi connectivity index (χ2v) is 7.59. The maximum absolute atomic E-state index is 12.6. The monoisotopic (exact) mass is 325 g/mol. The van der Waals surface area contributed by atoms with Crippen LogP contribution in [-0.4, -0.2) is 22.2 Å². The first kappa shape index (κ1) is 16.7. The molecule has 0 bridgehead atoms. The van der Waals surface area contributed by atoms with Crippen LogP contribution >= 0.6 is 0 Å². The number of aromatic nitrogens is 2. The number of amides is 1. The molecule has 1 amide bonds. The summed E-state index contributed by atoms with van der Waals surface area (Å²) in [6.45, 7) is 7.33. The molecule has 1 aliphatic rings. The van der Waals surface area contributed by atoms with E-state index in [2.05, 4.69) is 55.5 Å². The second kappa shape index (κ2) is 6.08. The summed E-state index contributed by atoms with van der Waals surface area (Å²) in [6, 6.07) is 12.4. The molecule has 0 saturated heterocycles. The highest BCUT2D eigenvalue weighted by atomic mass is 16.2. The molecule has 24 heavy (non-hydrogen) atoms. The maximum atomic E-state index is 12.6. The SMILES string of the molecule is CCCc1cc(C(=O)NC[C@@]2(c3ccccc3)CC2(C)C)n(C)n1. The highest BCUT2D eigenvalue weighted by Gasteiger charge is 2.61. The van der Waals surface area contributed by atoms with Crippen LogP contribution in [0.3, 0.4) is 0 Å². The number of hydrogen-bond donors (Lipinski definition) is 1. The van der Waals surface area contributed by atoms with Gasteiger partial charge in [0.2, 0.25) is 0 Å². The number of rotatable bonds is 6. The summed E-state index contributed by atoms with van der Waals surface area (Å²) < 4.78 is 1.69. The van der Waals surface area contributed by atoms with Crippen LogP contribution in [0.2, 0.25) is 0 Å². The van der Waals surface area contributed by atoms with Gasteiger partial charge >= 0.3 is 0 Å². The van der Waals surface area contributed by atoms with E-state index in [1.165, 1.54) is 5.56 Å². The lowest BCUT2D eigenvalue weighted by molar-refractivity contribution is 0.0938. The van der Waals surface area contributed by atoms with E-state index in [1.807, 2.05) is 19.2 Å². The molecule has 4 nitrogen and oxygen atoms in total. The maximum Gasteiger partial charge on any atom is 0.269 e. The molecule has 1 atom stereocenters. The summed E-state index contributed by atoms with van der Waals surface area (Å²) in [5, 5.41) is 7.58. The summed E-state index contributed by atoms with van der Waals surface area (Å²) >= 11 is 0. The van der Waals surface area contributed by atoms with Gasteiger partial charge < -0.3 is 5.32 Å². The van der Waals surface area contributed by atoms with E-state index < -0.39 is 0 Å². The Bertz CT molecular complexity index is 733. The van der Waals surface area contributed by atoms with Crippen LogP contribution in [0.25, 0.3) is 0 Å².